The predicted molar refractivity (Wildman–Crippen MR) is 106 cm³/mol. The molecule has 0 aromatic heterocycles. The van der Waals surface area contributed by atoms with Crippen molar-refractivity contribution in [1.29, 1.82) is 0 Å². The number of fused-ring (bicyclic) bond motifs is 1. The second-order valence-corrected chi connectivity index (χ2v) is 6.98. The lowest BCUT2D eigenvalue weighted by atomic mass is 9.78. The molecule has 28 heavy (non-hydrogen) atoms. The number of para-hydroxylation sites is 2. The fourth-order valence-electron chi connectivity index (χ4n) is 4.06. The quantitative estimate of drug-likeness (QED) is 0.567. The number of rotatable bonds is 1. The number of carbonyl (C=O) groups is 1. The van der Waals surface area contributed by atoms with Gasteiger partial charge in [0.1, 0.15) is 23.5 Å². The molecule has 2 heterocycles. The van der Waals surface area contributed by atoms with Crippen LogP contribution in [-0.2, 0) is 10.3 Å². The Hall–Kier alpha value is -3.47. The first-order chi connectivity index (χ1) is 13.7. The van der Waals surface area contributed by atoms with Crippen LogP contribution < -0.4 is 9.64 Å². The molecule has 0 N–H and O–H groups in total. The largest absolute Gasteiger partial charge is 0.420 e. The summed E-state index contributed by atoms with van der Waals surface area (Å²) in [4.78, 5) is 14.8. The molecule has 0 spiro atoms. The van der Waals surface area contributed by atoms with E-state index in [1.807, 2.05) is 42.5 Å². The Morgan fingerprint density at radius 1 is 1.04 bits per heavy atom. The zero-order valence-electron chi connectivity index (χ0n) is 15.3. The smallest absolute Gasteiger partial charge is 0.410 e. The molecule has 4 heteroatoms. The van der Waals surface area contributed by atoms with Gasteiger partial charge in [-0.3, -0.25) is 4.90 Å². The lowest BCUT2D eigenvalue weighted by molar-refractivity contribution is 0.204. The van der Waals surface area contributed by atoms with Gasteiger partial charge in [-0.15, -0.1) is 0 Å². The Bertz CT molecular complexity index is 1100. The van der Waals surface area contributed by atoms with E-state index in [0.717, 1.165) is 11.3 Å². The Morgan fingerprint density at radius 2 is 1.75 bits per heavy atom. The minimum atomic E-state index is -0.544. The minimum absolute atomic E-state index is 0.0296. The van der Waals surface area contributed by atoms with Gasteiger partial charge in [-0.05, 0) is 37.3 Å². The summed E-state index contributed by atoms with van der Waals surface area (Å²) in [5.74, 6) is 12.9. The predicted octanol–water partition coefficient (Wildman–Crippen LogP) is 3.88. The van der Waals surface area contributed by atoms with E-state index in [0.29, 0.717) is 5.75 Å². The van der Waals surface area contributed by atoms with Crippen LogP contribution in [-0.4, -0.2) is 18.2 Å². The molecule has 0 saturated carbocycles. The monoisotopic (exact) mass is 367 g/mol. The van der Waals surface area contributed by atoms with Gasteiger partial charge < -0.3 is 9.47 Å². The summed E-state index contributed by atoms with van der Waals surface area (Å²) in [5, 5.41) is 0. The van der Waals surface area contributed by atoms with Crippen LogP contribution in [0.4, 0.5) is 10.5 Å². The van der Waals surface area contributed by atoms with E-state index in [4.69, 9.17) is 9.47 Å². The number of ether oxygens (including phenoxy) is 2. The van der Waals surface area contributed by atoms with Gasteiger partial charge in [-0.1, -0.05) is 60.1 Å². The van der Waals surface area contributed by atoms with E-state index in [-0.39, 0.29) is 12.0 Å². The highest BCUT2D eigenvalue weighted by molar-refractivity contribution is 5.93. The average Bonchev–Trinajstić information content (AvgIpc) is 3.48. The highest BCUT2D eigenvalue weighted by Gasteiger charge is 2.69. The number of anilines is 1. The average molecular weight is 367 g/mol. The molecule has 1 aliphatic carbocycles. The number of benzene rings is 2. The molecule has 4 atom stereocenters. The SMILES string of the molecule is C[C@@H]1C#C/C=C\C#C[C@H]2[C@@H]3O[C@@]13c1ccccc1N2C(=O)Oc1ccccc1. The summed E-state index contributed by atoms with van der Waals surface area (Å²) in [7, 11) is 0. The molecule has 0 unspecified atom stereocenters. The molecule has 0 radical (unpaired) electrons. The van der Waals surface area contributed by atoms with Crippen molar-refractivity contribution in [3.8, 4) is 29.4 Å². The summed E-state index contributed by atoms with van der Waals surface area (Å²) in [5.41, 5.74) is 1.17. The van der Waals surface area contributed by atoms with Crippen molar-refractivity contribution in [3.05, 3.63) is 72.3 Å². The molecule has 5 rings (SSSR count). The third-order valence-electron chi connectivity index (χ3n) is 5.41. The second-order valence-electron chi connectivity index (χ2n) is 6.98. The van der Waals surface area contributed by atoms with Gasteiger partial charge >= 0.3 is 6.09 Å². The van der Waals surface area contributed by atoms with Crippen LogP contribution in [0.1, 0.15) is 12.5 Å². The molecule has 3 aliphatic rings. The zero-order valence-corrected chi connectivity index (χ0v) is 15.3. The van der Waals surface area contributed by atoms with Crippen molar-refractivity contribution in [2.75, 3.05) is 4.90 Å². The second kappa shape index (κ2) is 6.30. The number of hydrogen-bond acceptors (Lipinski definition) is 3. The fraction of sp³-hybridized carbons (Fsp3) is 0.208. The van der Waals surface area contributed by atoms with E-state index >= 15 is 0 Å². The maximum atomic E-state index is 13.2. The summed E-state index contributed by atoms with van der Waals surface area (Å²) in [6, 6.07) is 16.4. The number of amides is 1. The Balaban J connectivity index is 1.63. The number of epoxide rings is 1. The maximum Gasteiger partial charge on any atom is 0.420 e. The summed E-state index contributed by atoms with van der Waals surface area (Å²) in [6.07, 6.45) is 2.73. The summed E-state index contributed by atoms with van der Waals surface area (Å²) >= 11 is 0. The van der Waals surface area contributed by atoms with Crippen LogP contribution in [0.2, 0.25) is 0 Å². The molecule has 2 aromatic carbocycles. The molecule has 1 amide bonds. The molecule has 2 bridgehead atoms. The first-order valence-corrected chi connectivity index (χ1v) is 9.22. The lowest BCUT2D eigenvalue weighted by Crippen LogP contribution is -2.50. The minimum Gasteiger partial charge on any atom is -0.410 e. The molecule has 1 saturated heterocycles. The van der Waals surface area contributed by atoms with Gasteiger partial charge in [-0.2, -0.15) is 0 Å². The van der Waals surface area contributed by atoms with Gasteiger partial charge in [-0.25, -0.2) is 4.79 Å². The van der Waals surface area contributed by atoms with Crippen molar-refractivity contribution in [2.24, 2.45) is 5.92 Å². The maximum absolute atomic E-state index is 13.2. The van der Waals surface area contributed by atoms with E-state index in [1.165, 1.54) is 0 Å². The normalized spacial score (nSPS) is 29.6. The van der Waals surface area contributed by atoms with E-state index < -0.39 is 17.7 Å². The third kappa shape index (κ3) is 2.43. The van der Waals surface area contributed by atoms with Crippen LogP contribution >= 0.6 is 0 Å². The number of hydrogen-bond donors (Lipinski definition) is 0. The first kappa shape index (κ1) is 16.7. The number of nitrogens with zero attached hydrogens (tertiary/aromatic N) is 1. The van der Waals surface area contributed by atoms with E-state index in [1.54, 1.807) is 29.2 Å². The van der Waals surface area contributed by atoms with Gasteiger partial charge in [0.2, 0.25) is 0 Å². The van der Waals surface area contributed by atoms with Crippen molar-refractivity contribution < 1.29 is 14.3 Å². The molecule has 2 aromatic rings. The fourth-order valence-corrected chi connectivity index (χ4v) is 4.06. The molecule has 2 aliphatic heterocycles. The van der Waals surface area contributed by atoms with Crippen LogP contribution in [0.3, 0.4) is 0 Å². The van der Waals surface area contributed by atoms with Crippen molar-refractivity contribution in [2.45, 2.75) is 24.7 Å². The Kier molecular flexibility index (Phi) is 3.76. The van der Waals surface area contributed by atoms with Gasteiger partial charge in [0.05, 0.1) is 11.6 Å². The highest BCUT2D eigenvalue weighted by atomic mass is 16.6. The Labute approximate surface area is 163 Å². The standard InChI is InChI=1S/C24H17NO3/c1-17-11-5-2-3-8-16-21-22-24(17,28-22)19-14-9-10-15-20(19)25(21)23(26)27-18-12-6-4-7-13-18/h2-4,6-7,9-10,12-15,17,21-22H,1H3/b3-2-/t17-,21+,22+,24-/m1/s1. The van der Waals surface area contributed by atoms with Crippen LogP contribution in [0.15, 0.2) is 66.7 Å². The highest BCUT2D eigenvalue weighted by Crippen LogP contribution is 2.60. The Morgan fingerprint density at radius 3 is 2.57 bits per heavy atom. The van der Waals surface area contributed by atoms with Crippen LogP contribution in [0.25, 0.3) is 0 Å². The number of allylic oxidation sites excluding steroid dienone is 2. The van der Waals surface area contributed by atoms with Crippen molar-refractivity contribution in [1.82, 2.24) is 0 Å². The lowest BCUT2D eigenvalue weighted by Gasteiger charge is -2.35. The van der Waals surface area contributed by atoms with Gasteiger partial charge in [0.15, 0.2) is 0 Å². The van der Waals surface area contributed by atoms with Crippen molar-refractivity contribution in [3.63, 3.8) is 0 Å². The van der Waals surface area contributed by atoms with Crippen LogP contribution in [0.5, 0.6) is 5.75 Å². The van der Waals surface area contributed by atoms with Gasteiger partial charge in [0, 0.05) is 5.56 Å². The van der Waals surface area contributed by atoms with Crippen LogP contribution in [0, 0.1) is 29.6 Å². The summed E-state index contributed by atoms with van der Waals surface area (Å²) in [6.45, 7) is 2.06. The molecule has 1 fully saturated rings. The number of carbonyl (C=O) groups excluding carboxylic acids is 1. The molecule has 136 valence electrons. The first-order valence-electron chi connectivity index (χ1n) is 9.22. The van der Waals surface area contributed by atoms with Gasteiger partial charge in [0.25, 0.3) is 0 Å². The van der Waals surface area contributed by atoms with Crippen molar-refractivity contribution >= 4 is 11.8 Å². The molecule has 4 nitrogen and oxygen atoms in total. The molecular weight excluding hydrogens is 350 g/mol. The molecular formula is C24H17NO3. The van der Waals surface area contributed by atoms with E-state index in [2.05, 4.69) is 30.6 Å². The zero-order chi connectivity index (χ0) is 19.1. The topological polar surface area (TPSA) is 42.1 Å². The third-order valence-corrected chi connectivity index (χ3v) is 5.41. The van der Waals surface area contributed by atoms with E-state index in [9.17, 15) is 4.79 Å². The summed E-state index contributed by atoms with van der Waals surface area (Å²) < 4.78 is 11.9.